The van der Waals surface area contributed by atoms with Crippen LogP contribution in [-0.2, 0) is 4.57 Å². The third-order valence-corrected chi connectivity index (χ3v) is 9.19. The number of thiazole rings is 1. The van der Waals surface area contributed by atoms with E-state index < -0.39 is 7.29 Å². The molecule has 4 rings (SSSR count). The maximum Gasteiger partial charge on any atom is 0.234 e. The van der Waals surface area contributed by atoms with Gasteiger partial charge in [-0.15, -0.1) is 11.3 Å². The fraction of sp³-hybridized carbons (Fsp3) is 0.278. The van der Waals surface area contributed by atoms with E-state index in [0.29, 0.717) is 0 Å². The van der Waals surface area contributed by atoms with Gasteiger partial charge in [0.15, 0.2) is 4.75 Å². The van der Waals surface area contributed by atoms with Gasteiger partial charge in [-0.3, -0.25) is 4.57 Å². The topological polar surface area (TPSA) is 36.4 Å². The molecule has 2 heterocycles. The predicted octanol–water partition coefficient (Wildman–Crippen LogP) is 2.77. The van der Waals surface area contributed by atoms with E-state index >= 15 is 0 Å². The number of hydrogen-bond acceptors (Lipinski definition) is 4. The Kier molecular flexibility index (Phi) is 4.27. The highest BCUT2D eigenvalue weighted by Gasteiger charge is 2.38. The smallest absolute Gasteiger partial charge is 0.234 e. The van der Waals surface area contributed by atoms with Crippen LogP contribution in [0.3, 0.4) is 0 Å². The number of rotatable bonds is 3. The van der Waals surface area contributed by atoms with Crippen molar-refractivity contribution in [2.45, 2.75) is 0 Å². The highest BCUT2D eigenvalue weighted by Crippen LogP contribution is 2.49. The van der Waals surface area contributed by atoms with Crippen molar-refractivity contribution >= 4 is 38.9 Å². The van der Waals surface area contributed by atoms with E-state index in [1.807, 2.05) is 48.5 Å². The number of fused-ring (bicyclic) bond motifs is 1. The minimum atomic E-state index is -2.88. The zero-order valence-corrected chi connectivity index (χ0v) is 15.3. The maximum absolute atomic E-state index is 14.3. The molecule has 1 fully saturated rings. The summed E-state index contributed by atoms with van der Waals surface area (Å²) >= 11 is 1.56. The minimum Gasteiger partial charge on any atom is -0.304 e. The van der Waals surface area contributed by atoms with Gasteiger partial charge < -0.3 is 4.90 Å². The Morgan fingerprint density at radius 2 is 1.62 bits per heavy atom. The summed E-state index contributed by atoms with van der Waals surface area (Å²) in [7, 11) is -0.771. The fourth-order valence-electron chi connectivity index (χ4n) is 3.09. The van der Waals surface area contributed by atoms with Crippen LogP contribution < -0.4 is 10.1 Å². The summed E-state index contributed by atoms with van der Waals surface area (Å²) in [5.74, 6) is 0. The molecule has 1 saturated heterocycles. The monoisotopic (exact) mass is 357 g/mol. The summed E-state index contributed by atoms with van der Waals surface area (Å²) in [6.07, 6.45) is 0. The van der Waals surface area contributed by atoms with Crippen LogP contribution in [0.15, 0.2) is 54.6 Å². The normalized spacial score (nSPS) is 19.4. The number of piperazine rings is 1. The SMILES string of the molecule is CN1CCN(P(=O)(c2ccccc2)c2nc3ccccc3s2)CC1. The van der Waals surface area contributed by atoms with Crippen molar-refractivity contribution in [1.82, 2.24) is 14.6 Å². The fourth-order valence-corrected chi connectivity index (χ4v) is 7.60. The molecule has 1 atom stereocenters. The van der Waals surface area contributed by atoms with E-state index in [9.17, 15) is 4.57 Å². The van der Waals surface area contributed by atoms with E-state index in [1.54, 1.807) is 11.3 Å². The molecule has 1 aliphatic rings. The lowest BCUT2D eigenvalue weighted by Crippen LogP contribution is -2.46. The van der Waals surface area contributed by atoms with E-state index in [0.717, 1.165) is 46.4 Å². The Balaban J connectivity index is 1.85. The second-order valence-electron chi connectivity index (χ2n) is 6.13. The summed E-state index contributed by atoms with van der Waals surface area (Å²) in [5.41, 5.74) is 0.933. The number of para-hydroxylation sites is 1. The summed E-state index contributed by atoms with van der Waals surface area (Å²) in [6.45, 7) is 3.47. The number of likely N-dealkylation sites (N-methyl/N-ethyl adjacent to an activating group) is 1. The molecule has 24 heavy (non-hydrogen) atoms. The van der Waals surface area contributed by atoms with Crippen molar-refractivity contribution in [3.63, 3.8) is 0 Å². The lowest BCUT2D eigenvalue weighted by atomic mass is 10.3. The van der Waals surface area contributed by atoms with Gasteiger partial charge in [0.1, 0.15) is 0 Å². The first-order valence-electron chi connectivity index (χ1n) is 8.14. The molecule has 0 N–H and O–H groups in total. The predicted molar refractivity (Wildman–Crippen MR) is 102 cm³/mol. The second kappa shape index (κ2) is 6.41. The van der Waals surface area contributed by atoms with Gasteiger partial charge >= 0.3 is 0 Å². The largest absolute Gasteiger partial charge is 0.304 e. The molecular weight excluding hydrogens is 337 g/mol. The Bertz CT molecular complexity index is 854. The first-order chi connectivity index (χ1) is 11.7. The average molecular weight is 357 g/mol. The number of aromatic nitrogens is 1. The van der Waals surface area contributed by atoms with Gasteiger partial charge in [-0.25, -0.2) is 9.65 Å². The van der Waals surface area contributed by atoms with E-state index in [-0.39, 0.29) is 0 Å². The molecule has 0 radical (unpaired) electrons. The second-order valence-corrected chi connectivity index (χ2v) is 10.1. The van der Waals surface area contributed by atoms with Crippen LogP contribution in [0.5, 0.6) is 0 Å². The zero-order valence-electron chi connectivity index (χ0n) is 13.6. The number of benzene rings is 2. The first kappa shape index (κ1) is 16.0. The molecule has 0 amide bonds. The summed E-state index contributed by atoms with van der Waals surface area (Å²) in [6, 6.07) is 17.9. The Morgan fingerprint density at radius 3 is 2.33 bits per heavy atom. The minimum absolute atomic E-state index is 0.749. The molecule has 0 spiro atoms. The molecule has 3 aromatic rings. The third kappa shape index (κ3) is 2.72. The van der Waals surface area contributed by atoms with Crippen LogP contribution in [0.4, 0.5) is 0 Å². The van der Waals surface area contributed by atoms with Gasteiger partial charge in [0.05, 0.1) is 10.2 Å². The molecule has 0 bridgehead atoms. The van der Waals surface area contributed by atoms with E-state index in [4.69, 9.17) is 4.98 Å². The Hall–Kier alpha value is -1.52. The van der Waals surface area contributed by atoms with E-state index in [2.05, 4.69) is 22.7 Å². The van der Waals surface area contributed by atoms with Gasteiger partial charge in [-0.1, -0.05) is 30.3 Å². The van der Waals surface area contributed by atoms with Gasteiger partial charge in [0.2, 0.25) is 7.29 Å². The third-order valence-electron chi connectivity index (χ3n) is 4.53. The van der Waals surface area contributed by atoms with Crippen molar-refractivity contribution in [3.8, 4) is 0 Å². The van der Waals surface area contributed by atoms with Gasteiger partial charge in [-0.05, 0) is 31.3 Å². The van der Waals surface area contributed by atoms with Crippen molar-refractivity contribution in [1.29, 1.82) is 0 Å². The number of hydrogen-bond donors (Lipinski definition) is 0. The maximum atomic E-state index is 14.3. The van der Waals surface area contributed by atoms with Crippen LogP contribution in [0, 0.1) is 0 Å². The molecule has 4 nitrogen and oxygen atoms in total. The molecule has 1 unspecified atom stereocenters. The molecule has 6 heteroatoms. The molecule has 0 aliphatic carbocycles. The summed E-state index contributed by atoms with van der Waals surface area (Å²) in [4.78, 5) is 7.04. The van der Waals surface area contributed by atoms with Crippen LogP contribution in [0.1, 0.15) is 0 Å². The van der Waals surface area contributed by atoms with E-state index in [1.165, 1.54) is 0 Å². The van der Waals surface area contributed by atoms with Crippen molar-refractivity contribution < 1.29 is 4.57 Å². The summed E-state index contributed by atoms with van der Waals surface area (Å²) < 4.78 is 18.3. The lowest BCUT2D eigenvalue weighted by Gasteiger charge is -2.37. The molecule has 1 aliphatic heterocycles. The Morgan fingerprint density at radius 1 is 0.958 bits per heavy atom. The Labute approximate surface area is 146 Å². The standard InChI is InChI=1S/C18H20N3OPS/c1-20-11-13-21(14-12-20)23(22,15-7-3-2-4-8-15)18-19-16-9-5-6-10-17(16)24-18/h2-10H,11-14H2,1H3. The highest BCUT2D eigenvalue weighted by atomic mass is 32.1. The van der Waals surface area contributed by atoms with Crippen LogP contribution >= 0.6 is 18.6 Å². The van der Waals surface area contributed by atoms with Crippen molar-refractivity contribution in [3.05, 3.63) is 54.6 Å². The van der Waals surface area contributed by atoms with Crippen LogP contribution in [0.2, 0.25) is 0 Å². The molecular formula is C18H20N3OPS. The molecule has 1 aromatic heterocycles. The van der Waals surface area contributed by atoms with Gasteiger partial charge in [0, 0.05) is 31.5 Å². The lowest BCUT2D eigenvalue weighted by molar-refractivity contribution is 0.224. The van der Waals surface area contributed by atoms with Gasteiger partial charge in [-0.2, -0.15) is 0 Å². The van der Waals surface area contributed by atoms with Crippen molar-refractivity contribution in [2.75, 3.05) is 33.2 Å². The quantitative estimate of drug-likeness (QED) is 0.676. The number of nitrogens with zero attached hydrogens (tertiary/aromatic N) is 3. The first-order valence-corrected chi connectivity index (χ1v) is 10.6. The zero-order chi connectivity index (χ0) is 16.6. The van der Waals surface area contributed by atoms with Crippen LogP contribution in [-0.4, -0.2) is 47.8 Å². The summed E-state index contributed by atoms with van der Waals surface area (Å²) in [5, 5.41) is 0.883. The van der Waals surface area contributed by atoms with Crippen molar-refractivity contribution in [2.24, 2.45) is 0 Å². The van der Waals surface area contributed by atoms with Gasteiger partial charge in [0.25, 0.3) is 0 Å². The molecule has 2 aromatic carbocycles. The molecule has 124 valence electrons. The molecule has 0 saturated carbocycles. The van der Waals surface area contributed by atoms with Crippen LogP contribution in [0.25, 0.3) is 10.2 Å². The average Bonchev–Trinajstić information content (AvgIpc) is 3.07. The highest BCUT2D eigenvalue weighted by molar-refractivity contribution is 7.81.